The number of anilines is 1. The summed E-state index contributed by atoms with van der Waals surface area (Å²) in [6.07, 6.45) is 3.69. The van der Waals surface area contributed by atoms with Crippen molar-refractivity contribution in [3.05, 3.63) is 28.8 Å². The molecule has 1 N–H and O–H groups in total. The number of likely N-dealkylation sites (tertiary alicyclic amines) is 1. The molecule has 1 saturated heterocycles. The molecule has 1 aliphatic carbocycles. The molecule has 0 radical (unpaired) electrons. The van der Waals surface area contributed by atoms with E-state index in [0.29, 0.717) is 10.7 Å². The molecule has 5 nitrogen and oxygen atoms in total. The van der Waals surface area contributed by atoms with Gasteiger partial charge >= 0.3 is 0 Å². The second-order valence-electron chi connectivity index (χ2n) is 6.59. The van der Waals surface area contributed by atoms with Gasteiger partial charge in [0.25, 0.3) is 0 Å². The van der Waals surface area contributed by atoms with Gasteiger partial charge in [-0.2, -0.15) is 0 Å². The summed E-state index contributed by atoms with van der Waals surface area (Å²) in [5.74, 6) is -0.757. The summed E-state index contributed by atoms with van der Waals surface area (Å²) in [5.41, 5.74) is 1.55. The first kappa shape index (κ1) is 17.0. The maximum atomic E-state index is 12.4. The molecule has 0 bridgehead atoms. The molecule has 3 amide bonds. The van der Waals surface area contributed by atoms with Gasteiger partial charge in [-0.15, -0.1) is 0 Å². The molecule has 24 heavy (non-hydrogen) atoms. The number of hydrogen-bond donors (Lipinski definition) is 1. The second-order valence-corrected chi connectivity index (χ2v) is 6.99. The van der Waals surface area contributed by atoms with Gasteiger partial charge in [0, 0.05) is 23.7 Å². The van der Waals surface area contributed by atoms with E-state index in [-0.39, 0.29) is 42.5 Å². The zero-order valence-corrected chi connectivity index (χ0v) is 14.4. The lowest BCUT2D eigenvalue weighted by Gasteiger charge is -2.19. The van der Waals surface area contributed by atoms with Crippen molar-refractivity contribution in [1.29, 1.82) is 0 Å². The molecule has 0 spiro atoms. The van der Waals surface area contributed by atoms with E-state index in [9.17, 15) is 14.4 Å². The number of nitrogens with zero attached hydrogens (tertiary/aromatic N) is 1. The smallest absolute Gasteiger partial charge is 0.233 e. The summed E-state index contributed by atoms with van der Waals surface area (Å²) in [6.45, 7) is 2.04. The maximum Gasteiger partial charge on any atom is 0.233 e. The normalized spacial score (nSPS) is 23.3. The Morgan fingerprint density at radius 1 is 1.21 bits per heavy atom. The number of halogens is 1. The summed E-state index contributed by atoms with van der Waals surface area (Å²) >= 11 is 6.04. The number of fused-ring (bicyclic) bond motifs is 1. The molecule has 128 valence electrons. The van der Waals surface area contributed by atoms with Crippen LogP contribution >= 0.6 is 11.6 Å². The fraction of sp³-hybridized carbons (Fsp3) is 0.500. The van der Waals surface area contributed by atoms with Crippen LogP contribution in [0.3, 0.4) is 0 Å². The van der Waals surface area contributed by atoms with Crippen molar-refractivity contribution in [2.45, 2.75) is 39.0 Å². The van der Waals surface area contributed by atoms with Crippen molar-refractivity contribution in [2.24, 2.45) is 11.8 Å². The Morgan fingerprint density at radius 2 is 1.83 bits per heavy atom. The number of imide groups is 1. The summed E-state index contributed by atoms with van der Waals surface area (Å²) < 4.78 is 0. The number of carbonyl (C=O) groups is 3. The Morgan fingerprint density at radius 3 is 2.42 bits per heavy atom. The predicted molar refractivity (Wildman–Crippen MR) is 91.6 cm³/mol. The van der Waals surface area contributed by atoms with Crippen molar-refractivity contribution in [3.8, 4) is 0 Å². The van der Waals surface area contributed by atoms with Gasteiger partial charge in [0.1, 0.15) is 0 Å². The molecular weight excluding hydrogens is 328 g/mol. The van der Waals surface area contributed by atoms with Crippen molar-refractivity contribution >= 4 is 35.0 Å². The molecule has 6 heteroatoms. The van der Waals surface area contributed by atoms with Gasteiger partial charge < -0.3 is 5.32 Å². The van der Waals surface area contributed by atoms with Crippen LogP contribution in [-0.4, -0.2) is 29.2 Å². The van der Waals surface area contributed by atoms with E-state index < -0.39 is 0 Å². The van der Waals surface area contributed by atoms with Crippen molar-refractivity contribution in [3.63, 3.8) is 0 Å². The van der Waals surface area contributed by atoms with Crippen LogP contribution in [0.1, 0.15) is 37.7 Å². The van der Waals surface area contributed by atoms with E-state index >= 15 is 0 Å². The van der Waals surface area contributed by atoms with E-state index in [2.05, 4.69) is 5.32 Å². The minimum absolute atomic E-state index is 0.0996. The molecule has 1 saturated carbocycles. The molecule has 1 aliphatic heterocycles. The topological polar surface area (TPSA) is 66.5 Å². The molecule has 1 heterocycles. The van der Waals surface area contributed by atoms with Gasteiger partial charge in [0.05, 0.1) is 11.8 Å². The first-order valence-corrected chi connectivity index (χ1v) is 8.76. The largest absolute Gasteiger partial charge is 0.326 e. The highest BCUT2D eigenvalue weighted by molar-refractivity contribution is 6.31. The summed E-state index contributed by atoms with van der Waals surface area (Å²) in [5, 5.41) is 3.34. The highest BCUT2D eigenvalue weighted by atomic mass is 35.5. The highest BCUT2D eigenvalue weighted by Crippen LogP contribution is 2.37. The van der Waals surface area contributed by atoms with Crippen LogP contribution in [0.2, 0.25) is 5.02 Å². The Bertz CT molecular complexity index is 665. The molecule has 2 atom stereocenters. The summed E-state index contributed by atoms with van der Waals surface area (Å²) in [6, 6.07) is 5.30. The molecule has 1 aromatic carbocycles. The van der Waals surface area contributed by atoms with Gasteiger partial charge in [-0.05, 0) is 37.5 Å². The van der Waals surface area contributed by atoms with Crippen LogP contribution in [0, 0.1) is 18.8 Å². The van der Waals surface area contributed by atoms with Crippen LogP contribution in [0.15, 0.2) is 18.2 Å². The summed E-state index contributed by atoms with van der Waals surface area (Å²) in [4.78, 5) is 38.1. The zero-order valence-electron chi connectivity index (χ0n) is 13.7. The van der Waals surface area contributed by atoms with Gasteiger partial charge in [-0.3, -0.25) is 19.3 Å². The lowest BCUT2D eigenvalue weighted by molar-refractivity contribution is -0.140. The number of benzene rings is 1. The lowest BCUT2D eigenvalue weighted by atomic mass is 9.81. The van der Waals surface area contributed by atoms with E-state index in [4.69, 9.17) is 11.6 Å². The van der Waals surface area contributed by atoms with Crippen LogP contribution in [0.25, 0.3) is 0 Å². The monoisotopic (exact) mass is 348 g/mol. The zero-order chi connectivity index (χ0) is 17.3. The van der Waals surface area contributed by atoms with Gasteiger partial charge in [-0.1, -0.05) is 30.5 Å². The highest BCUT2D eigenvalue weighted by Gasteiger charge is 2.47. The Kier molecular flexibility index (Phi) is 4.90. The quantitative estimate of drug-likeness (QED) is 0.850. The third-order valence-electron chi connectivity index (χ3n) is 4.95. The van der Waals surface area contributed by atoms with Crippen LogP contribution in [0.4, 0.5) is 5.69 Å². The fourth-order valence-corrected chi connectivity index (χ4v) is 3.74. The SMILES string of the molecule is Cc1ccc(NC(=O)CCN2C(=O)[C@@H]3CCCC[C@H]3C2=O)cc1Cl. The van der Waals surface area contributed by atoms with E-state index in [1.807, 2.05) is 13.0 Å². The molecule has 3 rings (SSSR count). The first-order valence-electron chi connectivity index (χ1n) is 8.38. The molecular formula is C18H21ClN2O3. The third-order valence-corrected chi connectivity index (χ3v) is 5.36. The van der Waals surface area contributed by atoms with Crippen LogP contribution < -0.4 is 5.32 Å². The molecule has 2 aliphatic rings. The first-order chi connectivity index (χ1) is 11.5. The number of hydrogen-bond acceptors (Lipinski definition) is 3. The number of rotatable bonds is 4. The van der Waals surface area contributed by atoms with E-state index in [0.717, 1.165) is 31.2 Å². The van der Waals surface area contributed by atoms with Gasteiger partial charge in [0.15, 0.2) is 0 Å². The molecule has 1 aromatic rings. The van der Waals surface area contributed by atoms with Crippen molar-refractivity contribution in [2.75, 3.05) is 11.9 Å². The van der Waals surface area contributed by atoms with Crippen molar-refractivity contribution < 1.29 is 14.4 Å². The van der Waals surface area contributed by atoms with Crippen LogP contribution in [-0.2, 0) is 14.4 Å². The standard InChI is InChI=1S/C18H21ClN2O3/c1-11-6-7-12(10-15(11)19)20-16(22)8-9-21-17(23)13-4-2-3-5-14(13)18(21)24/h6-7,10,13-14H,2-5,8-9H2,1H3,(H,20,22)/t13-,14-/m1/s1. The Balaban J connectivity index is 1.57. The fourth-order valence-electron chi connectivity index (χ4n) is 3.56. The minimum atomic E-state index is -0.231. The second kappa shape index (κ2) is 6.93. The van der Waals surface area contributed by atoms with E-state index in [1.54, 1.807) is 12.1 Å². The average molecular weight is 349 g/mol. The number of amides is 3. The Labute approximate surface area is 146 Å². The van der Waals surface area contributed by atoms with Crippen molar-refractivity contribution in [1.82, 2.24) is 4.90 Å². The van der Waals surface area contributed by atoms with Crippen LogP contribution in [0.5, 0.6) is 0 Å². The van der Waals surface area contributed by atoms with Gasteiger partial charge in [-0.25, -0.2) is 0 Å². The van der Waals surface area contributed by atoms with Gasteiger partial charge in [0.2, 0.25) is 17.7 Å². The Hall–Kier alpha value is -1.88. The number of aryl methyl sites for hydroxylation is 1. The average Bonchev–Trinajstić information content (AvgIpc) is 2.81. The summed E-state index contributed by atoms with van der Waals surface area (Å²) in [7, 11) is 0. The minimum Gasteiger partial charge on any atom is -0.326 e. The van der Waals surface area contributed by atoms with E-state index in [1.165, 1.54) is 4.90 Å². The number of nitrogens with one attached hydrogen (secondary N) is 1. The predicted octanol–water partition coefficient (Wildman–Crippen LogP) is 3.15. The maximum absolute atomic E-state index is 12.4. The third kappa shape index (κ3) is 3.31. The number of carbonyl (C=O) groups excluding carboxylic acids is 3. The molecule has 0 unspecified atom stereocenters. The lowest BCUT2D eigenvalue weighted by Crippen LogP contribution is -2.34. The molecule has 0 aromatic heterocycles. The molecule has 2 fully saturated rings.